The molecule has 0 radical (unpaired) electrons. The van der Waals surface area contributed by atoms with Crippen LogP contribution in [0.5, 0.6) is 0 Å². The van der Waals surface area contributed by atoms with E-state index in [1.54, 1.807) is 28.1 Å². The Hall–Kier alpha value is -4.02. The van der Waals surface area contributed by atoms with E-state index in [-0.39, 0.29) is 76.1 Å². The first kappa shape index (κ1) is 52.1. The average Bonchev–Trinajstić information content (AvgIpc) is 3.21. The van der Waals surface area contributed by atoms with Gasteiger partial charge in [-0.05, 0) is 40.5 Å². The van der Waals surface area contributed by atoms with Crippen LogP contribution in [0.4, 0.5) is 0 Å². The SMILES string of the molecule is COCCOCCOCCOC[C@@H](C)NC(=O)CCn1cc(C)c(=O)n(CCCCn2c(=O)c(C)cn(CCC(=O)N[C@H](C)COCCOCCOCCOC)c2=O)c1=O. The Bertz CT molecular complexity index is 1650. The molecule has 2 aromatic heterocycles. The zero-order valence-corrected chi connectivity index (χ0v) is 36.4. The van der Waals surface area contributed by atoms with Gasteiger partial charge in [0.1, 0.15) is 0 Å². The van der Waals surface area contributed by atoms with E-state index in [0.717, 1.165) is 9.13 Å². The summed E-state index contributed by atoms with van der Waals surface area (Å²) in [5.41, 5.74) is -1.34. The highest BCUT2D eigenvalue weighted by molar-refractivity contribution is 5.76. The molecular formula is C40H68N6O14. The fraction of sp³-hybridized carbons (Fsp3) is 0.750. The van der Waals surface area contributed by atoms with Crippen LogP contribution in [0.15, 0.2) is 31.6 Å². The van der Waals surface area contributed by atoms with Crippen LogP contribution in [0.3, 0.4) is 0 Å². The van der Waals surface area contributed by atoms with Gasteiger partial charge in [-0.15, -0.1) is 0 Å². The molecule has 2 aromatic rings. The molecule has 60 heavy (non-hydrogen) atoms. The molecule has 0 aliphatic rings. The Kier molecular flexibility index (Phi) is 26.9. The quantitative estimate of drug-likeness (QED) is 0.0845. The number of hydrogen-bond donors (Lipinski definition) is 2. The standard InChI is InChI=1S/C40H68N6O14/c1-31-27-43(13-9-35(47)41-33(3)29-59-25-23-57-21-19-55-17-15-53-5)39(51)45(37(31)49)11-7-8-12-46-38(50)32(2)28-44(40(46)52)14-10-36(48)42-34(4)30-60-26-24-58-22-20-56-18-16-54-6/h27-28,33-34H,7-26,29-30H2,1-6H3,(H,41,47)(H,42,48)/t33-,34-/m1/s1. The van der Waals surface area contributed by atoms with Gasteiger partial charge in [0.05, 0.1) is 92.5 Å². The van der Waals surface area contributed by atoms with E-state index in [1.165, 1.54) is 21.5 Å². The normalized spacial score (nSPS) is 12.4. The van der Waals surface area contributed by atoms with Gasteiger partial charge in [0.15, 0.2) is 0 Å². The Balaban J connectivity index is 1.79. The summed E-state index contributed by atoms with van der Waals surface area (Å²) in [7, 11) is 3.22. The lowest BCUT2D eigenvalue weighted by Gasteiger charge is -2.16. The van der Waals surface area contributed by atoms with E-state index in [9.17, 15) is 28.8 Å². The Morgan fingerprint density at radius 1 is 0.517 bits per heavy atom. The lowest BCUT2D eigenvalue weighted by atomic mass is 10.2. The number of unbranched alkanes of at least 4 members (excludes halogenated alkanes) is 1. The number of nitrogens with one attached hydrogen (secondary N) is 2. The van der Waals surface area contributed by atoms with Crippen LogP contribution in [0.1, 0.15) is 50.7 Å². The number of aromatic nitrogens is 4. The second-order valence-corrected chi connectivity index (χ2v) is 14.2. The molecule has 342 valence electrons. The Labute approximate surface area is 351 Å². The van der Waals surface area contributed by atoms with E-state index in [1.807, 2.05) is 13.8 Å². The van der Waals surface area contributed by atoms with E-state index >= 15 is 0 Å². The first-order valence-corrected chi connectivity index (χ1v) is 20.5. The number of amides is 2. The fourth-order valence-corrected chi connectivity index (χ4v) is 5.76. The number of aryl methyl sites for hydroxylation is 4. The molecule has 2 heterocycles. The average molecular weight is 857 g/mol. The molecular weight excluding hydrogens is 788 g/mol. The van der Waals surface area contributed by atoms with Crippen LogP contribution in [-0.2, 0) is 73.7 Å². The minimum atomic E-state index is -0.558. The molecule has 2 amide bonds. The third-order valence-electron chi connectivity index (χ3n) is 8.89. The number of rotatable bonds is 35. The molecule has 20 heteroatoms. The van der Waals surface area contributed by atoms with Crippen LogP contribution < -0.4 is 33.1 Å². The zero-order chi connectivity index (χ0) is 44.1. The highest BCUT2D eigenvalue weighted by Gasteiger charge is 2.15. The molecule has 0 aliphatic carbocycles. The number of ether oxygens (including phenoxy) is 8. The van der Waals surface area contributed by atoms with Crippen LogP contribution >= 0.6 is 0 Å². The maximum absolute atomic E-state index is 13.3. The topological polar surface area (TPSA) is 220 Å². The maximum Gasteiger partial charge on any atom is 0.330 e. The summed E-state index contributed by atoms with van der Waals surface area (Å²) >= 11 is 0. The van der Waals surface area contributed by atoms with Crippen molar-refractivity contribution in [3.63, 3.8) is 0 Å². The lowest BCUT2D eigenvalue weighted by molar-refractivity contribution is -0.123. The summed E-state index contributed by atoms with van der Waals surface area (Å²) in [4.78, 5) is 77.7. The molecule has 0 aliphatic heterocycles. The van der Waals surface area contributed by atoms with Crippen LogP contribution in [0.2, 0.25) is 0 Å². The highest BCUT2D eigenvalue weighted by atomic mass is 16.6. The van der Waals surface area contributed by atoms with Gasteiger partial charge < -0.3 is 48.5 Å². The van der Waals surface area contributed by atoms with Gasteiger partial charge >= 0.3 is 11.4 Å². The lowest BCUT2D eigenvalue weighted by Crippen LogP contribution is -2.43. The second-order valence-electron chi connectivity index (χ2n) is 14.2. The van der Waals surface area contributed by atoms with Gasteiger partial charge in [0, 0.05) is 88.8 Å². The van der Waals surface area contributed by atoms with Crippen molar-refractivity contribution in [1.29, 1.82) is 0 Å². The minimum Gasteiger partial charge on any atom is -0.382 e. The Morgan fingerprint density at radius 3 is 1.17 bits per heavy atom. The summed E-state index contributed by atoms with van der Waals surface area (Å²) in [6.07, 6.45) is 3.54. The third kappa shape index (κ3) is 21.0. The van der Waals surface area contributed by atoms with Gasteiger partial charge in [-0.3, -0.25) is 37.4 Å². The summed E-state index contributed by atoms with van der Waals surface area (Å²) < 4.78 is 47.3. The molecule has 0 bridgehead atoms. The molecule has 0 saturated heterocycles. The summed E-state index contributed by atoms with van der Waals surface area (Å²) in [6, 6.07) is -0.543. The number of hydrogen-bond acceptors (Lipinski definition) is 14. The monoisotopic (exact) mass is 856 g/mol. The molecule has 2 N–H and O–H groups in total. The van der Waals surface area contributed by atoms with Crippen molar-refractivity contribution in [3.8, 4) is 0 Å². The van der Waals surface area contributed by atoms with E-state index < -0.39 is 22.5 Å². The molecule has 2 rings (SSSR count). The maximum atomic E-state index is 13.3. The highest BCUT2D eigenvalue weighted by Crippen LogP contribution is 1.99. The van der Waals surface area contributed by atoms with Crippen molar-refractivity contribution >= 4 is 11.8 Å². The van der Waals surface area contributed by atoms with Crippen LogP contribution in [0, 0.1) is 13.8 Å². The van der Waals surface area contributed by atoms with Crippen molar-refractivity contribution in [2.75, 3.05) is 107 Å². The molecule has 2 atom stereocenters. The molecule has 0 aromatic carbocycles. The van der Waals surface area contributed by atoms with Crippen molar-refractivity contribution < 1.29 is 47.5 Å². The van der Waals surface area contributed by atoms with Crippen molar-refractivity contribution in [2.45, 2.75) is 91.6 Å². The van der Waals surface area contributed by atoms with Crippen molar-refractivity contribution in [1.82, 2.24) is 28.9 Å². The van der Waals surface area contributed by atoms with Gasteiger partial charge in [-0.25, -0.2) is 9.59 Å². The van der Waals surface area contributed by atoms with Gasteiger partial charge in [-0.1, -0.05) is 0 Å². The van der Waals surface area contributed by atoms with Gasteiger partial charge in [0.2, 0.25) is 11.8 Å². The molecule has 0 spiro atoms. The predicted octanol–water partition coefficient (Wildman–Crippen LogP) is -0.387. The number of carbonyl (C=O) groups is 2. The van der Waals surface area contributed by atoms with Crippen LogP contribution in [-0.4, -0.2) is 149 Å². The summed E-state index contributed by atoms with van der Waals surface area (Å²) in [5, 5.41) is 5.69. The molecule has 0 saturated carbocycles. The van der Waals surface area contributed by atoms with E-state index in [0.29, 0.717) is 103 Å². The second kappa shape index (κ2) is 30.9. The van der Waals surface area contributed by atoms with E-state index in [4.69, 9.17) is 37.9 Å². The van der Waals surface area contributed by atoms with Crippen molar-refractivity contribution in [2.24, 2.45) is 0 Å². The summed E-state index contributed by atoms with van der Waals surface area (Å²) in [6.45, 7) is 13.0. The molecule has 20 nitrogen and oxygen atoms in total. The molecule has 0 unspecified atom stereocenters. The summed E-state index contributed by atoms with van der Waals surface area (Å²) in [5.74, 6) is -0.553. The minimum absolute atomic E-state index is 0.00909. The van der Waals surface area contributed by atoms with E-state index in [2.05, 4.69) is 10.6 Å². The third-order valence-corrected chi connectivity index (χ3v) is 8.89. The first-order valence-electron chi connectivity index (χ1n) is 20.5. The molecule has 0 fully saturated rings. The van der Waals surface area contributed by atoms with Crippen LogP contribution in [0.25, 0.3) is 0 Å². The fourth-order valence-electron chi connectivity index (χ4n) is 5.76. The smallest absolute Gasteiger partial charge is 0.330 e. The first-order chi connectivity index (χ1) is 28.9. The number of methoxy groups -OCH3 is 2. The number of nitrogens with zero attached hydrogens (tertiary/aromatic N) is 4. The zero-order valence-electron chi connectivity index (χ0n) is 36.4. The largest absolute Gasteiger partial charge is 0.382 e. The predicted molar refractivity (Wildman–Crippen MR) is 222 cm³/mol. The number of carbonyl (C=O) groups excluding carboxylic acids is 2. The van der Waals surface area contributed by atoms with Crippen molar-refractivity contribution in [3.05, 3.63) is 65.2 Å². The van der Waals surface area contributed by atoms with Gasteiger partial charge in [0.25, 0.3) is 11.1 Å². The Morgan fingerprint density at radius 2 is 0.833 bits per heavy atom. The van der Waals surface area contributed by atoms with Gasteiger partial charge in [-0.2, -0.15) is 0 Å².